The largest absolute Gasteiger partial charge is 0.434 e. The van der Waals surface area contributed by atoms with Crippen LogP contribution in [0.5, 0.6) is 0 Å². The van der Waals surface area contributed by atoms with Gasteiger partial charge in [0, 0.05) is 24.8 Å². The van der Waals surface area contributed by atoms with Crippen LogP contribution in [0.15, 0.2) is 10.7 Å². The summed E-state index contributed by atoms with van der Waals surface area (Å²) in [5.41, 5.74) is 6.08. The maximum Gasteiger partial charge on any atom is 0.434 e. The van der Waals surface area contributed by atoms with Crippen LogP contribution in [-0.2, 0) is 19.8 Å². The second-order valence-corrected chi connectivity index (χ2v) is 4.77. The first-order valence-corrected chi connectivity index (χ1v) is 6.10. The zero-order chi connectivity index (χ0) is 14.4. The monoisotopic (exact) mass is 337 g/mol. The summed E-state index contributed by atoms with van der Waals surface area (Å²) < 4.78 is 40.6. The van der Waals surface area contributed by atoms with Crippen LogP contribution in [0, 0.1) is 6.92 Å². The van der Waals surface area contributed by atoms with Crippen LogP contribution in [0.1, 0.15) is 17.0 Å². The molecule has 104 valence electrons. The van der Waals surface area contributed by atoms with Gasteiger partial charge in [-0.2, -0.15) is 23.4 Å². The molecule has 0 fully saturated rings. The smallest absolute Gasteiger partial charge is 0.326 e. The van der Waals surface area contributed by atoms with E-state index in [9.17, 15) is 13.2 Å². The molecule has 0 aliphatic heterocycles. The van der Waals surface area contributed by atoms with Crippen LogP contribution in [0.25, 0.3) is 5.82 Å². The fourth-order valence-electron chi connectivity index (χ4n) is 1.78. The molecular formula is C10H11BrF3N5. The van der Waals surface area contributed by atoms with Crippen molar-refractivity contribution in [2.75, 3.05) is 0 Å². The lowest BCUT2D eigenvalue weighted by Gasteiger charge is -2.06. The molecule has 2 rings (SSSR count). The molecule has 5 nitrogen and oxygen atoms in total. The van der Waals surface area contributed by atoms with E-state index in [4.69, 9.17) is 5.73 Å². The highest BCUT2D eigenvalue weighted by Gasteiger charge is 2.39. The van der Waals surface area contributed by atoms with Gasteiger partial charge in [0.2, 0.25) is 0 Å². The van der Waals surface area contributed by atoms with Crippen molar-refractivity contribution in [3.8, 4) is 5.82 Å². The highest BCUT2D eigenvalue weighted by atomic mass is 79.9. The van der Waals surface area contributed by atoms with Crippen molar-refractivity contribution in [1.82, 2.24) is 19.6 Å². The predicted octanol–water partition coefficient (Wildman–Crippen LogP) is 2.15. The van der Waals surface area contributed by atoms with Crippen LogP contribution in [0.4, 0.5) is 13.2 Å². The SMILES string of the molecule is Cc1c(CN)cnn1-c1nn(C)c(C(F)(F)F)c1Br. The lowest BCUT2D eigenvalue weighted by molar-refractivity contribution is -0.144. The van der Waals surface area contributed by atoms with E-state index >= 15 is 0 Å². The van der Waals surface area contributed by atoms with E-state index in [0.717, 1.165) is 10.2 Å². The Balaban J connectivity index is 2.62. The number of alkyl halides is 3. The molecule has 0 unspecified atom stereocenters. The molecule has 2 aromatic heterocycles. The van der Waals surface area contributed by atoms with Gasteiger partial charge in [-0.1, -0.05) is 0 Å². The normalized spacial score (nSPS) is 12.2. The Morgan fingerprint density at radius 2 is 2.05 bits per heavy atom. The summed E-state index contributed by atoms with van der Waals surface area (Å²) in [7, 11) is 1.24. The zero-order valence-corrected chi connectivity index (χ0v) is 11.7. The first-order chi connectivity index (χ1) is 8.77. The highest BCUT2D eigenvalue weighted by molar-refractivity contribution is 9.10. The lowest BCUT2D eigenvalue weighted by atomic mass is 10.3. The fourth-order valence-corrected chi connectivity index (χ4v) is 2.51. The van der Waals surface area contributed by atoms with Gasteiger partial charge < -0.3 is 5.73 Å². The maximum atomic E-state index is 12.9. The third-order valence-corrected chi connectivity index (χ3v) is 3.50. The Hall–Kier alpha value is -1.35. The number of rotatable bonds is 2. The van der Waals surface area contributed by atoms with Crippen LogP contribution >= 0.6 is 15.9 Å². The first kappa shape index (κ1) is 14.1. The van der Waals surface area contributed by atoms with Gasteiger partial charge >= 0.3 is 6.18 Å². The van der Waals surface area contributed by atoms with E-state index in [1.165, 1.54) is 17.9 Å². The van der Waals surface area contributed by atoms with E-state index in [-0.39, 0.29) is 16.8 Å². The summed E-state index contributed by atoms with van der Waals surface area (Å²) in [4.78, 5) is 0. The van der Waals surface area contributed by atoms with Gasteiger partial charge in [-0.05, 0) is 22.9 Å². The molecule has 0 aliphatic rings. The summed E-state index contributed by atoms with van der Waals surface area (Å²) in [6.45, 7) is 1.99. The molecule has 0 spiro atoms. The van der Waals surface area contributed by atoms with E-state index in [1.54, 1.807) is 6.92 Å². The van der Waals surface area contributed by atoms with Gasteiger partial charge in [0.05, 0.1) is 10.7 Å². The molecule has 2 aromatic rings. The summed E-state index contributed by atoms with van der Waals surface area (Å²) >= 11 is 2.94. The number of hydrogen-bond donors (Lipinski definition) is 1. The molecule has 0 saturated carbocycles. The van der Waals surface area contributed by atoms with Gasteiger partial charge in [0.15, 0.2) is 11.5 Å². The van der Waals surface area contributed by atoms with Crippen molar-refractivity contribution < 1.29 is 13.2 Å². The number of nitrogens with zero attached hydrogens (tertiary/aromatic N) is 4. The van der Waals surface area contributed by atoms with Crippen molar-refractivity contribution in [3.05, 3.63) is 27.6 Å². The Kier molecular flexibility index (Phi) is 3.43. The third-order valence-electron chi connectivity index (χ3n) is 2.77. The van der Waals surface area contributed by atoms with Crippen molar-refractivity contribution in [2.24, 2.45) is 12.8 Å². The molecule has 0 bridgehead atoms. The molecule has 2 N–H and O–H groups in total. The number of halogens is 4. The Bertz CT molecular complexity index is 613. The fraction of sp³-hybridized carbons (Fsp3) is 0.400. The molecule has 0 saturated heterocycles. The molecule has 0 amide bonds. The molecule has 0 aliphatic carbocycles. The maximum absolute atomic E-state index is 12.9. The highest BCUT2D eigenvalue weighted by Crippen LogP contribution is 2.37. The average molecular weight is 338 g/mol. The first-order valence-electron chi connectivity index (χ1n) is 5.31. The molecule has 0 atom stereocenters. The van der Waals surface area contributed by atoms with E-state index in [0.29, 0.717) is 5.69 Å². The zero-order valence-electron chi connectivity index (χ0n) is 10.2. The van der Waals surface area contributed by atoms with Crippen molar-refractivity contribution in [2.45, 2.75) is 19.6 Å². The molecule has 19 heavy (non-hydrogen) atoms. The van der Waals surface area contributed by atoms with E-state index < -0.39 is 11.9 Å². The number of aryl methyl sites for hydroxylation is 1. The molecule has 0 aromatic carbocycles. The van der Waals surface area contributed by atoms with Gasteiger partial charge in [0.25, 0.3) is 0 Å². The second-order valence-electron chi connectivity index (χ2n) is 3.98. The van der Waals surface area contributed by atoms with E-state index in [2.05, 4.69) is 26.1 Å². The Labute approximate surface area is 115 Å². The van der Waals surface area contributed by atoms with Crippen molar-refractivity contribution in [3.63, 3.8) is 0 Å². The molecular weight excluding hydrogens is 327 g/mol. The predicted molar refractivity (Wildman–Crippen MR) is 65.7 cm³/mol. The minimum atomic E-state index is -4.49. The van der Waals surface area contributed by atoms with E-state index in [1.807, 2.05) is 0 Å². The topological polar surface area (TPSA) is 61.7 Å². The van der Waals surface area contributed by atoms with Crippen LogP contribution < -0.4 is 5.73 Å². The summed E-state index contributed by atoms with van der Waals surface area (Å²) in [5, 5.41) is 7.88. The third kappa shape index (κ3) is 2.27. The van der Waals surface area contributed by atoms with Crippen LogP contribution in [0.2, 0.25) is 0 Å². The van der Waals surface area contributed by atoms with Crippen molar-refractivity contribution >= 4 is 15.9 Å². The quantitative estimate of drug-likeness (QED) is 0.913. The summed E-state index contributed by atoms with van der Waals surface area (Å²) in [6.07, 6.45) is -2.97. The van der Waals surface area contributed by atoms with Crippen molar-refractivity contribution in [1.29, 1.82) is 0 Å². The minimum absolute atomic E-state index is 0.0898. The average Bonchev–Trinajstić information content (AvgIpc) is 2.78. The molecule has 2 heterocycles. The van der Waals surface area contributed by atoms with Gasteiger partial charge in [0.1, 0.15) is 0 Å². The number of hydrogen-bond acceptors (Lipinski definition) is 3. The van der Waals surface area contributed by atoms with Crippen LogP contribution in [-0.4, -0.2) is 19.6 Å². The Morgan fingerprint density at radius 3 is 2.47 bits per heavy atom. The summed E-state index contributed by atoms with van der Waals surface area (Å²) in [5.74, 6) is 0.0898. The van der Waals surface area contributed by atoms with Gasteiger partial charge in [-0.15, -0.1) is 0 Å². The lowest BCUT2D eigenvalue weighted by Crippen LogP contribution is -2.12. The summed E-state index contributed by atoms with van der Waals surface area (Å²) in [6, 6.07) is 0. The number of nitrogens with two attached hydrogens (primary N) is 1. The molecule has 0 radical (unpaired) electrons. The Morgan fingerprint density at radius 1 is 1.42 bits per heavy atom. The number of aromatic nitrogens is 4. The standard InChI is InChI=1S/C10H11BrF3N5/c1-5-6(3-15)4-16-19(5)9-7(11)8(10(12,13)14)18(2)17-9/h4H,3,15H2,1-2H3. The van der Waals surface area contributed by atoms with Gasteiger partial charge in [-0.3, -0.25) is 4.68 Å². The molecule has 9 heteroatoms. The van der Waals surface area contributed by atoms with Gasteiger partial charge in [-0.25, -0.2) is 4.68 Å². The van der Waals surface area contributed by atoms with Crippen LogP contribution in [0.3, 0.4) is 0 Å². The second kappa shape index (κ2) is 4.64. The minimum Gasteiger partial charge on any atom is -0.326 e.